The van der Waals surface area contributed by atoms with E-state index in [-0.39, 0.29) is 41.9 Å². The Hall–Kier alpha value is -2.61. The number of nitrogens with one attached hydrogen (secondary N) is 1. The lowest BCUT2D eigenvalue weighted by Crippen LogP contribution is -2.42. The molecule has 5 heterocycles. The fraction of sp³-hybridized carbons (Fsp3) is 0.591. The van der Waals surface area contributed by atoms with Crippen LogP contribution in [0.4, 0.5) is 0 Å². The maximum atomic E-state index is 13.1. The van der Waals surface area contributed by atoms with Crippen LogP contribution >= 0.6 is 0 Å². The summed E-state index contributed by atoms with van der Waals surface area (Å²) in [6, 6.07) is 3.70. The van der Waals surface area contributed by atoms with E-state index in [9.17, 15) is 9.59 Å². The van der Waals surface area contributed by atoms with Crippen molar-refractivity contribution in [1.29, 1.82) is 0 Å². The normalized spacial score (nSPS) is 29.4. The number of aromatic nitrogens is 2. The molecule has 1 N–H and O–H groups in total. The van der Waals surface area contributed by atoms with E-state index in [1.54, 1.807) is 4.68 Å². The van der Waals surface area contributed by atoms with Gasteiger partial charge in [0.05, 0.1) is 29.5 Å². The van der Waals surface area contributed by atoms with Gasteiger partial charge in [0.25, 0.3) is 5.91 Å². The number of ether oxygens (including phenoxy) is 1. The zero-order chi connectivity index (χ0) is 21.0. The molecule has 3 fully saturated rings. The first kappa shape index (κ1) is 19.4. The first-order valence-corrected chi connectivity index (χ1v) is 10.7. The van der Waals surface area contributed by atoms with E-state index in [1.807, 2.05) is 44.0 Å². The smallest absolute Gasteiger partial charge is 0.257 e. The monoisotopic (exact) mass is 412 g/mol. The number of carbonyl (C=O) groups excluding carboxylic acids is 2. The highest BCUT2D eigenvalue weighted by Crippen LogP contribution is 2.54. The molecule has 2 bridgehead atoms. The Morgan fingerprint density at radius 2 is 2.17 bits per heavy atom. The lowest BCUT2D eigenvalue weighted by molar-refractivity contribution is -0.122. The molecule has 8 nitrogen and oxygen atoms in total. The minimum Gasteiger partial charge on any atom is -0.466 e. The minimum absolute atomic E-state index is 0.0111. The van der Waals surface area contributed by atoms with Crippen LogP contribution in [0.15, 0.2) is 22.7 Å². The quantitative estimate of drug-likeness (QED) is 0.809. The minimum atomic E-state index is -0.262. The van der Waals surface area contributed by atoms with Crippen LogP contribution in [0.1, 0.15) is 40.4 Å². The molecule has 4 atom stereocenters. The predicted molar refractivity (Wildman–Crippen MR) is 108 cm³/mol. The Morgan fingerprint density at radius 3 is 2.87 bits per heavy atom. The Kier molecular flexibility index (Phi) is 4.50. The average Bonchev–Trinajstić information content (AvgIpc) is 3.47. The summed E-state index contributed by atoms with van der Waals surface area (Å²) in [5.41, 5.74) is 1.27. The van der Waals surface area contributed by atoms with Crippen molar-refractivity contribution in [2.75, 3.05) is 19.6 Å². The highest BCUT2D eigenvalue weighted by molar-refractivity contribution is 5.95. The van der Waals surface area contributed by atoms with Crippen LogP contribution in [0, 0.1) is 32.6 Å². The summed E-state index contributed by atoms with van der Waals surface area (Å²) >= 11 is 0. The van der Waals surface area contributed by atoms with E-state index in [4.69, 9.17) is 9.15 Å². The number of carbonyl (C=O) groups is 2. The number of likely N-dealkylation sites (tertiary alicyclic amines) is 1. The second-order valence-corrected chi connectivity index (χ2v) is 9.00. The third-order valence-electron chi connectivity index (χ3n) is 6.96. The van der Waals surface area contributed by atoms with Gasteiger partial charge in [0, 0.05) is 31.1 Å². The topological polar surface area (TPSA) is 89.6 Å². The SMILES string of the molecule is Cc1ccn(CC(=O)NC[C@H]2[C@H]3CN(C(=O)c4cc(C)oc4C)C[C@]34CC[C@H]2O4)n1. The molecule has 2 aromatic rings. The number of aryl methyl sites for hydroxylation is 3. The summed E-state index contributed by atoms with van der Waals surface area (Å²) in [5.74, 6) is 1.85. The summed E-state index contributed by atoms with van der Waals surface area (Å²) in [6.45, 7) is 7.66. The summed E-state index contributed by atoms with van der Waals surface area (Å²) in [6.07, 6.45) is 3.94. The number of nitrogens with zero attached hydrogens (tertiary/aromatic N) is 3. The third kappa shape index (κ3) is 3.14. The van der Waals surface area contributed by atoms with Gasteiger partial charge in [-0.2, -0.15) is 5.10 Å². The van der Waals surface area contributed by atoms with Gasteiger partial charge < -0.3 is 19.4 Å². The Labute approximate surface area is 175 Å². The van der Waals surface area contributed by atoms with Crippen LogP contribution in [0.5, 0.6) is 0 Å². The van der Waals surface area contributed by atoms with Gasteiger partial charge in [0.1, 0.15) is 18.1 Å². The van der Waals surface area contributed by atoms with Gasteiger partial charge >= 0.3 is 0 Å². The van der Waals surface area contributed by atoms with Gasteiger partial charge in [-0.15, -0.1) is 0 Å². The number of furan rings is 1. The Bertz CT molecular complexity index is 995. The van der Waals surface area contributed by atoms with Crippen molar-refractivity contribution in [2.24, 2.45) is 11.8 Å². The zero-order valence-corrected chi connectivity index (χ0v) is 17.7. The lowest BCUT2D eigenvalue weighted by atomic mass is 9.73. The van der Waals surface area contributed by atoms with E-state index < -0.39 is 0 Å². The molecule has 3 aliphatic rings. The maximum Gasteiger partial charge on any atom is 0.257 e. The molecule has 0 aliphatic carbocycles. The molecule has 30 heavy (non-hydrogen) atoms. The summed E-state index contributed by atoms with van der Waals surface area (Å²) < 4.78 is 13.6. The van der Waals surface area contributed by atoms with E-state index >= 15 is 0 Å². The highest BCUT2D eigenvalue weighted by atomic mass is 16.5. The standard InChI is InChI=1S/C22H28N4O4/c1-13-5-7-26(24-13)11-20(27)23-9-17-18-10-25(12-22(18)6-4-19(17)30-22)21(28)16-8-14(2)29-15(16)3/h5,7-8,17-19H,4,6,9-12H2,1-3H3,(H,23,27)/t17-,18+,19+,22+/m0/s1. The van der Waals surface area contributed by atoms with Gasteiger partial charge in [0.15, 0.2) is 0 Å². The van der Waals surface area contributed by atoms with Crippen molar-refractivity contribution >= 4 is 11.8 Å². The highest BCUT2D eigenvalue weighted by Gasteiger charge is 2.63. The van der Waals surface area contributed by atoms with Crippen molar-refractivity contribution in [1.82, 2.24) is 20.0 Å². The second kappa shape index (κ2) is 6.97. The molecule has 1 spiro atoms. The largest absolute Gasteiger partial charge is 0.466 e. The van der Waals surface area contributed by atoms with Gasteiger partial charge in [-0.25, -0.2) is 0 Å². The molecule has 2 aromatic heterocycles. The Balaban J connectivity index is 1.24. The summed E-state index contributed by atoms with van der Waals surface area (Å²) in [4.78, 5) is 27.4. The van der Waals surface area contributed by atoms with Crippen LogP contribution in [0.2, 0.25) is 0 Å². The summed E-state index contributed by atoms with van der Waals surface area (Å²) in [7, 11) is 0. The number of hydrogen-bond acceptors (Lipinski definition) is 5. The second-order valence-electron chi connectivity index (χ2n) is 9.00. The molecular formula is C22H28N4O4. The van der Waals surface area contributed by atoms with Gasteiger partial charge in [-0.1, -0.05) is 0 Å². The molecule has 2 amide bonds. The van der Waals surface area contributed by atoms with Crippen molar-refractivity contribution in [2.45, 2.75) is 51.9 Å². The molecule has 0 radical (unpaired) electrons. The van der Waals surface area contributed by atoms with Crippen LogP contribution in [-0.2, 0) is 16.1 Å². The maximum absolute atomic E-state index is 13.1. The molecular weight excluding hydrogens is 384 g/mol. The lowest BCUT2D eigenvalue weighted by Gasteiger charge is -2.29. The van der Waals surface area contributed by atoms with Crippen molar-refractivity contribution in [3.05, 3.63) is 41.1 Å². The summed E-state index contributed by atoms with van der Waals surface area (Å²) in [5, 5.41) is 7.33. The van der Waals surface area contributed by atoms with E-state index in [0.29, 0.717) is 31.0 Å². The van der Waals surface area contributed by atoms with Gasteiger partial charge in [-0.3, -0.25) is 14.3 Å². The van der Waals surface area contributed by atoms with Crippen molar-refractivity contribution in [3.8, 4) is 0 Å². The first-order valence-electron chi connectivity index (χ1n) is 10.7. The fourth-order valence-corrected chi connectivity index (χ4v) is 5.62. The van der Waals surface area contributed by atoms with E-state index in [0.717, 1.165) is 24.3 Å². The number of amides is 2. The van der Waals surface area contributed by atoms with Crippen LogP contribution in [0.3, 0.4) is 0 Å². The molecule has 0 saturated carbocycles. The molecule has 5 rings (SSSR count). The van der Waals surface area contributed by atoms with Gasteiger partial charge in [0.2, 0.25) is 5.91 Å². The van der Waals surface area contributed by atoms with Crippen LogP contribution < -0.4 is 5.32 Å². The van der Waals surface area contributed by atoms with Crippen LogP contribution in [-0.4, -0.2) is 57.8 Å². The van der Waals surface area contributed by atoms with Gasteiger partial charge in [-0.05, 0) is 45.7 Å². The zero-order valence-electron chi connectivity index (χ0n) is 17.7. The van der Waals surface area contributed by atoms with E-state index in [2.05, 4.69) is 10.4 Å². The third-order valence-corrected chi connectivity index (χ3v) is 6.96. The molecule has 0 aromatic carbocycles. The molecule has 3 saturated heterocycles. The fourth-order valence-electron chi connectivity index (χ4n) is 5.62. The number of rotatable bonds is 5. The number of hydrogen-bond donors (Lipinski definition) is 1. The molecule has 3 aliphatic heterocycles. The average molecular weight is 412 g/mol. The predicted octanol–water partition coefficient (Wildman–Crippen LogP) is 1.84. The molecule has 0 unspecified atom stereocenters. The first-order chi connectivity index (χ1) is 14.3. The van der Waals surface area contributed by atoms with Crippen LogP contribution in [0.25, 0.3) is 0 Å². The molecule has 160 valence electrons. The Morgan fingerprint density at radius 1 is 1.33 bits per heavy atom. The van der Waals surface area contributed by atoms with Crippen molar-refractivity contribution in [3.63, 3.8) is 0 Å². The molecule has 8 heteroatoms. The van der Waals surface area contributed by atoms with Crippen molar-refractivity contribution < 1.29 is 18.7 Å². The van der Waals surface area contributed by atoms with E-state index in [1.165, 1.54) is 0 Å². The number of fused-ring (bicyclic) bond motifs is 1.